The molecule has 102 valence electrons. The summed E-state index contributed by atoms with van der Waals surface area (Å²) in [6.45, 7) is 4.73. The third kappa shape index (κ3) is 6.04. The van der Waals surface area contributed by atoms with Crippen LogP contribution in [0.25, 0.3) is 0 Å². The van der Waals surface area contributed by atoms with E-state index in [2.05, 4.69) is 6.92 Å². The zero-order valence-corrected chi connectivity index (χ0v) is 11.7. The molecule has 0 atom stereocenters. The van der Waals surface area contributed by atoms with Crippen LogP contribution in [-0.2, 0) is 0 Å². The van der Waals surface area contributed by atoms with E-state index in [1.807, 2.05) is 0 Å². The van der Waals surface area contributed by atoms with Crippen LogP contribution >= 0.6 is 0 Å². The summed E-state index contributed by atoms with van der Waals surface area (Å²) in [6.07, 6.45) is 8.95. The maximum Gasteiger partial charge on any atom is 0.126 e. The van der Waals surface area contributed by atoms with E-state index < -0.39 is 0 Å². The van der Waals surface area contributed by atoms with Crippen LogP contribution in [0.4, 0.5) is 4.39 Å². The number of rotatable bonds is 9. The molecule has 0 radical (unpaired) electrons. The zero-order chi connectivity index (χ0) is 13.2. The fourth-order valence-electron chi connectivity index (χ4n) is 1.96. The standard InChI is InChI=1S/C16H25FO/c1-3-4-5-6-7-8-9-12-18-15-10-11-16(17)14(2)13-15/h10-11,13H,3-9,12H2,1-2H3. The smallest absolute Gasteiger partial charge is 0.126 e. The molecule has 1 aromatic carbocycles. The second-order valence-electron chi connectivity index (χ2n) is 4.88. The van der Waals surface area contributed by atoms with E-state index in [9.17, 15) is 4.39 Å². The predicted octanol–water partition coefficient (Wildman–Crippen LogP) is 5.26. The van der Waals surface area contributed by atoms with Crippen molar-refractivity contribution in [2.75, 3.05) is 6.61 Å². The van der Waals surface area contributed by atoms with Crippen molar-refractivity contribution < 1.29 is 9.13 Å². The lowest BCUT2D eigenvalue weighted by molar-refractivity contribution is 0.303. The Morgan fingerprint density at radius 3 is 2.33 bits per heavy atom. The highest BCUT2D eigenvalue weighted by molar-refractivity contribution is 5.28. The first kappa shape index (κ1) is 15.0. The Morgan fingerprint density at radius 2 is 1.67 bits per heavy atom. The van der Waals surface area contributed by atoms with Gasteiger partial charge in [-0.3, -0.25) is 0 Å². The summed E-state index contributed by atoms with van der Waals surface area (Å²) in [5.74, 6) is 0.609. The summed E-state index contributed by atoms with van der Waals surface area (Å²) in [4.78, 5) is 0. The fourth-order valence-corrected chi connectivity index (χ4v) is 1.96. The number of unbranched alkanes of at least 4 members (excludes halogenated alkanes) is 6. The summed E-state index contributed by atoms with van der Waals surface area (Å²) in [6, 6.07) is 4.93. The number of hydrogen-bond acceptors (Lipinski definition) is 1. The lowest BCUT2D eigenvalue weighted by Crippen LogP contribution is -1.98. The molecule has 0 fully saturated rings. The molecule has 0 aliphatic carbocycles. The maximum absolute atomic E-state index is 13.0. The number of aryl methyl sites for hydroxylation is 1. The molecule has 0 heterocycles. The minimum absolute atomic E-state index is 0.168. The fraction of sp³-hybridized carbons (Fsp3) is 0.625. The van der Waals surface area contributed by atoms with Crippen LogP contribution in [0, 0.1) is 12.7 Å². The van der Waals surface area contributed by atoms with Gasteiger partial charge in [0.25, 0.3) is 0 Å². The average Bonchev–Trinajstić information content (AvgIpc) is 2.37. The maximum atomic E-state index is 13.0. The van der Waals surface area contributed by atoms with Gasteiger partial charge in [0.2, 0.25) is 0 Å². The Hall–Kier alpha value is -1.05. The molecular weight excluding hydrogens is 227 g/mol. The number of hydrogen-bond donors (Lipinski definition) is 0. The molecule has 0 aromatic heterocycles. The van der Waals surface area contributed by atoms with Gasteiger partial charge in [-0.15, -0.1) is 0 Å². The lowest BCUT2D eigenvalue weighted by atomic mass is 10.1. The monoisotopic (exact) mass is 252 g/mol. The van der Waals surface area contributed by atoms with Gasteiger partial charge >= 0.3 is 0 Å². The van der Waals surface area contributed by atoms with Gasteiger partial charge in [0.05, 0.1) is 6.61 Å². The minimum atomic E-state index is -0.168. The molecule has 0 amide bonds. The molecule has 0 N–H and O–H groups in total. The van der Waals surface area contributed by atoms with Crippen LogP contribution in [0.2, 0.25) is 0 Å². The van der Waals surface area contributed by atoms with Crippen LogP contribution in [0.1, 0.15) is 57.4 Å². The molecule has 0 bridgehead atoms. The first-order valence-electron chi connectivity index (χ1n) is 7.13. The summed E-state index contributed by atoms with van der Waals surface area (Å²) in [5.41, 5.74) is 0.645. The van der Waals surface area contributed by atoms with E-state index in [4.69, 9.17) is 4.74 Å². The molecule has 0 aliphatic rings. The first-order valence-corrected chi connectivity index (χ1v) is 7.13. The minimum Gasteiger partial charge on any atom is -0.494 e. The number of benzene rings is 1. The van der Waals surface area contributed by atoms with Crippen LogP contribution in [-0.4, -0.2) is 6.61 Å². The highest BCUT2D eigenvalue weighted by atomic mass is 19.1. The summed E-state index contributed by atoms with van der Waals surface area (Å²) in [5, 5.41) is 0. The average molecular weight is 252 g/mol. The van der Waals surface area contributed by atoms with Gasteiger partial charge in [0.15, 0.2) is 0 Å². The van der Waals surface area contributed by atoms with Crippen molar-refractivity contribution in [2.45, 2.75) is 58.8 Å². The van der Waals surface area contributed by atoms with Crippen LogP contribution < -0.4 is 4.74 Å². The van der Waals surface area contributed by atoms with Crippen LogP contribution in [0.5, 0.6) is 5.75 Å². The molecule has 2 heteroatoms. The van der Waals surface area contributed by atoms with Crippen LogP contribution in [0.3, 0.4) is 0 Å². The van der Waals surface area contributed by atoms with E-state index >= 15 is 0 Å². The van der Waals surface area contributed by atoms with Crippen LogP contribution in [0.15, 0.2) is 18.2 Å². The summed E-state index contributed by atoms with van der Waals surface area (Å²) >= 11 is 0. The quantitative estimate of drug-likeness (QED) is 0.544. The highest BCUT2D eigenvalue weighted by Gasteiger charge is 1.99. The van der Waals surface area contributed by atoms with E-state index in [1.54, 1.807) is 19.1 Å². The zero-order valence-electron chi connectivity index (χ0n) is 11.7. The van der Waals surface area contributed by atoms with Gasteiger partial charge in [-0.05, 0) is 37.1 Å². The Labute approximate surface area is 110 Å². The molecule has 0 unspecified atom stereocenters. The largest absolute Gasteiger partial charge is 0.494 e. The van der Waals surface area contributed by atoms with Crippen molar-refractivity contribution in [3.63, 3.8) is 0 Å². The molecule has 0 spiro atoms. The van der Waals surface area contributed by atoms with E-state index in [0.29, 0.717) is 5.56 Å². The third-order valence-corrected chi connectivity index (χ3v) is 3.15. The Kier molecular flexibility index (Phi) is 7.47. The molecular formula is C16H25FO. The number of ether oxygens (including phenoxy) is 1. The lowest BCUT2D eigenvalue weighted by Gasteiger charge is -2.07. The Bertz CT molecular complexity index is 336. The summed E-state index contributed by atoms with van der Waals surface area (Å²) < 4.78 is 18.6. The Morgan fingerprint density at radius 1 is 1.00 bits per heavy atom. The van der Waals surface area contributed by atoms with Gasteiger partial charge in [0.1, 0.15) is 11.6 Å². The van der Waals surface area contributed by atoms with Gasteiger partial charge in [-0.2, -0.15) is 0 Å². The molecule has 0 saturated carbocycles. The SMILES string of the molecule is CCCCCCCCCOc1ccc(F)c(C)c1. The molecule has 1 nitrogen and oxygen atoms in total. The molecule has 1 aromatic rings. The van der Waals surface area contributed by atoms with Crippen molar-refractivity contribution in [1.29, 1.82) is 0 Å². The third-order valence-electron chi connectivity index (χ3n) is 3.15. The summed E-state index contributed by atoms with van der Waals surface area (Å²) in [7, 11) is 0. The van der Waals surface area contributed by atoms with E-state index in [-0.39, 0.29) is 5.82 Å². The van der Waals surface area contributed by atoms with Gasteiger partial charge in [-0.25, -0.2) is 4.39 Å². The molecule has 0 aliphatic heterocycles. The van der Waals surface area contributed by atoms with Crippen molar-refractivity contribution in [3.05, 3.63) is 29.6 Å². The van der Waals surface area contributed by atoms with Crippen molar-refractivity contribution >= 4 is 0 Å². The van der Waals surface area contributed by atoms with Crippen molar-refractivity contribution in [2.24, 2.45) is 0 Å². The van der Waals surface area contributed by atoms with Gasteiger partial charge in [-0.1, -0.05) is 45.4 Å². The normalized spacial score (nSPS) is 10.6. The second kappa shape index (κ2) is 8.96. The highest BCUT2D eigenvalue weighted by Crippen LogP contribution is 2.16. The Balaban J connectivity index is 2.05. The van der Waals surface area contributed by atoms with E-state index in [0.717, 1.165) is 18.8 Å². The van der Waals surface area contributed by atoms with Gasteiger partial charge in [0, 0.05) is 0 Å². The van der Waals surface area contributed by atoms with Crippen molar-refractivity contribution in [3.8, 4) is 5.75 Å². The van der Waals surface area contributed by atoms with E-state index in [1.165, 1.54) is 44.6 Å². The van der Waals surface area contributed by atoms with Crippen molar-refractivity contribution in [1.82, 2.24) is 0 Å². The first-order chi connectivity index (χ1) is 8.74. The number of halogens is 1. The molecule has 0 saturated heterocycles. The topological polar surface area (TPSA) is 9.23 Å². The predicted molar refractivity (Wildman–Crippen MR) is 74.6 cm³/mol. The second-order valence-corrected chi connectivity index (χ2v) is 4.88. The van der Waals surface area contributed by atoms with Gasteiger partial charge < -0.3 is 4.74 Å². The molecule has 1 rings (SSSR count). The molecule has 18 heavy (non-hydrogen) atoms.